The van der Waals surface area contributed by atoms with Crippen LogP contribution in [0.5, 0.6) is 0 Å². The fourth-order valence-corrected chi connectivity index (χ4v) is 10.2. The number of fused-ring (bicyclic) bond motifs is 12. The van der Waals surface area contributed by atoms with Crippen LogP contribution >= 0.6 is 11.3 Å². The number of pyridine rings is 1. The van der Waals surface area contributed by atoms with E-state index in [1.165, 1.54) is 42.0 Å². The average Bonchev–Trinajstić information content (AvgIpc) is 3.88. The topological polar surface area (TPSA) is 26.4 Å². The Hall–Kier alpha value is -6.75. The minimum absolute atomic E-state index is 0.0179. The molecule has 0 saturated heterocycles. The van der Waals surface area contributed by atoms with Crippen LogP contribution in [0.2, 0.25) is 0 Å². The molecule has 0 unspecified atom stereocenters. The predicted octanol–water partition coefficient (Wildman–Crippen LogP) is 13.0. The Bertz CT molecular complexity index is 3530. The van der Waals surface area contributed by atoms with Gasteiger partial charge in [0, 0.05) is 58.1 Å². The molecule has 0 spiro atoms. The lowest BCUT2D eigenvalue weighted by Gasteiger charge is -2.14. The van der Waals surface area contributed by atoms with Crippen LogP contribution in [-0.2, 0) is 0 Å². The van der Waals surface area contributed by atoms with E-state index in [-0.39, 0.29) is 5.56 Å². The monoisotopic (exact) mass is 692 g/mol. The van der Waals surface area contributed by atoms with Gasteiger partial charge in [-0.1, -0.05) is 121 Å². The Morgan fingerprint density at radius 1 is 0.415 bits per heavy atom. The van der Waals surface area contributed by atoms with E-state index in [9.17, 15) is 4.79 Å². The molecule has 0 radical (unpaired) electrons. The van der Waals surface area contributed by atoms with Crippen molar-refractivity contribution in [2.75, 3.05) is 0 Å². The minimum atomic E-state index is 0.0179. The first-order valence-corrected chi connectivity index (χ1v) is 18.8. The van der Waals surface area contributed by atoms with Gasteiger partial charge in [0.05, 0.1) is 27.8 Å². The van der Waals surface area contributed by atoms with Crippen molar-refractivity contribution < 1.29 is 0 Å². The molecule has 246 valence electrons. The molecule has 0 saturated carbocycles. The van der Waals surface area contributed by atoms with Crippen LogP contribution in [0.3, 0.4) is 0 Å². The summed E-state index contributed by atoms with van der Waals surface area (Å²) >= 11 is 1.88. The van der Waals surface area contributed by atoms with Gasteiger partial charge in [-0.05, 0) is 70.6 Å². The molecule has 3 nitrogen and oxygen atoms in total. The van der Waals surface area contributed by atoms with Crippen molar-refractivity contribution in [1.82, 2.24) is 8.97 Å². The zero-order valence-electron chi connectivity index (χ0n) is 28.4. The van der Waals surface area contributed by atoms with Gasteiger partial charge < -0.3 is 4.57 Å². The van der Waals surface area contributed by atoms with Gasteiger partial charge in [0.25, 0.3) is 5.56 Å². The van der Waals surface area contributed by atoms with Gasteiger partial charge in [0.15, 0.2) is 0 Å². The molecular formula is C49H28N2OS. The van der Waals surface area contributed by atoms with Crippen molar-refractivity contribution in [3.63, 3.8) is 0 Å². The van der Waals surface area contributed by atoms with Crippen LogP contribution < -0.4 is 5.56 Å². The summed E-state index contributed by atoms with van der Waals surface area (Å²) in [6.07, 6.45) is 0. The number of nitrogens with zero attached hydrogens (tertiary/aromatic N) is 2. The molecule has 12 aromatic rings. The molecule has 0 aliphatic carbocycles. The van der Waals surface area contributed by atoms with Gasteiger partial charge in [0.2, 0.25) is 0 Å². The molecule has 0 bridgehead atoms. The van der Waals surface area contributed by atoms with Gasteiger partial charge in [-0.25, -0.2) is 0 Å². The van der Waals surface area contributed by atoms with Gasteiger partial charge in [-0.2, -0.15) is 0 Å². The third kappa shape index (κ3) is 3.90. The first-order valence-electron chi connectivity index (χ1n) is 18.0. The molecule has 0 amide bonds. The molecule has 4 heteroatoms. The summed E-state index contributed by atoms with van der Waals surface area (Å²) in [6.45, 7) is 0. The summed E-state index contributed by atoms with van der Waals surface area (Å²) < 4.78 is 7.01. The van der Waals surface area contributed by atoms with Gasteiger partial charge in [-0.3, -0.25) is 9.20 Å². The maximum atomic E-state index is 14.3. The van der Waals surface area contributed by atoms with Gasteiger partial charge >= 0.3 is 0 Å². The standard InChI is InChI=1S/C49H28N2OS/c52-49-37-23-21-30(29-11-2-1-3-12-29)27-39(37)34-16-10-17-35-40-28-31(22-25-43(40)51(49)47(34)35)32-13-4-7-18-41(32)50-42-19-8-5-15-38(42)46-44(50)26-24-36-33-14-6-9-20-45(33)53-48(36)46/h1-28H. The van der Waals surface area contributed by atoms with Crippen LogP contribution in [0.15, 0.2) is 175 Å². The lowest BCUT2D eigenvalue weighted by Crippen LogP contribution is -2.12. The Morgan fingerprint density at radius 2 is 1.09 bits per heavy atom. The van der Waals surface area contributed by atoms with Crippen molar-refractivity contribution in [3.05, 3.63) is 180 Å². The first-order chi connectivity index (χ1) is 26.2. The second-order valence-corrected chi connectivity index (χ2v) is 15.1. The molecule has 0 atom stereocenters. The Kier molecular flexibility index (Phi) is 5.80. The van der Waals surface area contributed by atoms with Crippen molar-refractivity contribution >= 4 is 91.3 Å². The van der Waals surface area contributed by atoms with Crippen LogP contribution in [0.1, 0.15) is 0 Å². The highest BCUT2D eigenvalue weighted by molar-refractivity contribution is 7.26. The zero-order chi connectivity index (χ0) is 34.8. The lowest BCUT2D eigenvalue weighted by molar-refractivity contribution is 1.18. The third-order valence-electron chi connectivity index (χ3n) is 11.3. The average molecular weight is 693 g/mol. The van der Waals surface area contributed by atoms with E-state index >= 15 is 0 Å². The van der Waals surface area contributed by atoms with E-state index in [1.807, 2.05) is 27.9 Å². The zero-order valence-corrected chi connectivity index (χ0v) is 29.2. The Morgan fingerprint density at radius 3 is 2.00 bits per heavy atom. The summed E-state index contributed by atoms with van der Waals surface area (Å²) in [5.41, 5.74) is 9.94. The quantitative estimate of drug-likeness (QED) is 0.169. The molecule has 4 heterocycles. The van der Waals surface area contributed by atoms with E-state index in [0.29, 0.717) is 0 Å². The van der Waals surface area contributed by atoms with E-state index in [2.05, 4.69) is 162 Å². The molecule has 0 aliphatic rings. The summed E-state index contributed by atoms with van der Waals surface area (Å²) in [5.74, 6) is 0. The fraction of sp³-hybridized carbons (Fsp3) is 0. The molecule has 0 fully saturated rings. The summed E-state index contributed by atoms with van der Waals surface area (Å²) in [7, 11) is 0. The highest BCUT2D eigenvalue weighted by Crippen LogP contribution is 2.45. The summed E-state index contributed by atoms with van der Waals surface area (Å²) in [5, 5.41) is 10.1. The molecule has 0 N–H and O–H groups in total. The minimum Gasteiger partial charge on any atom is -0.309 e. The third-order valence-corrected chi connectivity index (χ3v) is 12.5. The summed E-state index contributed by atoms with van der Waals surface area (Å²) in [6, 6.07) is 60.5. The number of thiophene rings is 1. The van der Waals surface area contributed by atoms with Gasteiger partial charge in [0.1, 0.15) is 0 Å². The maximum absolute atomic E-state index is 14.3. The Labute approximate surface area is 307 Å². The summed E-state index contributed by atoms with van der Waals surface area (Å²) in [4.78, 5) is 14.3. The van der Waals surface area contributed by atoms with Crippen molar-refractivity contribution in [1.29, 1.82) is 0 Å². The number of para-hydroxylation sites is 3. The number of benzene rings is 8. The van der Waals surface area contributed by atoms with E-state index in [0.717, 1.165) is 65.9 Å². The highest BCUT2D eigenvalue weighted by Gasteiger charge is 2.21. The van der Waals surface area contributed by atoms with Crippen molar-refractivity contribution in [2.45, 2.75) is 0 Å². The molecule has 8 aromatic carbocycles. The van der Waals surface area contributed by atoms with Crippen LogP contribution in [0, 0.1) is 0 Å². The highest BCUT2D eigenvalue weighted by atomic mass is 32.1. The fourth-order valence-electron chi connectivity index (χ4n) is 8.96. The van der Waals surface area contributed by atoms with Crippen molar-refractivity contribution in [3.8, 4) is 27.9 Å². The number of hydrogen-bond acceptors (Lipinski definition) is 2. The van der Waals surface area contributed by atoms with E-state index in [4.69, 9.17) is 0 Å². The molecular weight excluding hydrogens is 665 g/mol. The van der Waals surface area contributed by atoms with Crippen LogP contribution in [0.25, 0.3) is 108 Å². The molecule has 53 heavy (non-hydrogen) atoms. The second-order valence-electron chi connectivity index (χ2n) is 14.0. The van der Waals surface area contributed by atoms with Crippen LogP contribution in [0.4, 0.5) is 0 Å². The number of aromatic nitrogens is 2. The normalized spacial score (nSPS) is 12.2. The van der Waals surface area contributed by atoms with E-state index in [1.54, 1.807) is 0 Å². The number of rotatable bonds is 3. The Balaban J connectivity index is 1.11. The largest absolute Gasteiger partial charge is 0.309 e. The molecule has 0 aliphatic heterocycles. The molecule has 12 rings (SSSR count). The van der Waals surface area contributed by atoms with Gasteiger partial charge in [-0.15, -0.1) is 11.3 Å². The van der Waals surface area contributed by atoms with Crippen LogP contribution in [-0.4, -0.2) is 8.97 Å². The smallest absolute Gasteiger partial charge is 0.263 e. The maximum Gasteiger partial charge on any atom is 0.263 e. The first kappa shape index (κ1) is 28.9. The predicted molar refractivity (Wildman–Crippen MR) is 225 cm³/mol. The second kappa shape index (κ2) is 10.6. The van der Waals surface area contributed by atoms with E-state index < -0.39 is 0 Å². The number of hydrogen-bond donors (Lipinski definition) is 0. The SMILES string of the molecule is O=c1c2ccc(-c3ccccc3)cc2c2cccc3c4cc(-c5ccccc5-n5c6ccccc6c6c7sc8ccccc8c7ccc65)ccc4n1c23. The lowest BCUT2D eigenvalue weighted by atomic mass is 9.98. The molecule has 4 aromatic heterocycles. The van der Waals surface area contributed by atoms with Crippen molar-refractivity contribution in [2.24, 2.45) is 0 Å².